The fourth-order valence-electron chi connectivity index (χ4n) is 3.72. The van der Waals surface area contributed by atoms with Crippen molar-refractivity contribution in [1.82, 2.24) is 29.6 Å². The van der Waals surface area contributed by atoms with Crippen LogP contribution in [0.4, 0.5) is 5.69 Å². The number of hydrogen-bond acceptors (Lipinski definition) is 6. The number of nitrogens with zero attached hydrogens (tertiary/aromatic N) is 7. The van der Waals surface area contributed by atoms with Gasteiger partial charge in [0.2, 0.25) is 11.1 Å². The quantitative estimate of drug-likeness (QED) is 0.392. The lowest BCUT2D eigenvalue weighted by atomic mass is 10.2. The molecule has 170 valence electrons. The van der Waals surface area contributed by atoms with E-state index < -0.39 is 0 Å². The first-order valence-corrected chi connectivity index (χ1v) is 11.5. The van der Waals surface area contributed by atoms with Gasteiger partial charge >= 0.3 is 0 Å². The van der Waals surface area contributed by atoms with Crippen LogP contribution in [-0.4, -0.2) is 47.3 Å². The molecule has 0 saturated heterocycles. The molecule has 0 unspecified atom stereocenters. The topological polar surface area (TPSA) is 90.8 Å². The second-order valence-corrected chi connectivity index (χ2v) is 8.71. The molecule has 0 saturated carbocycles. The fourth-order valence-corrected chi connectivity index (χ4v) is 4.46. The molecule has 0 aliphatic rings. The smallest absolute Gasteiger partial charge is 0.297 e. The Morgan fingerprint density at radius 2 is 1.70 bits per heavy atom. The standard InChI is InChI=1S/C23H25N7O2S/c1-16(2)28(18-11-7-5-8-12-18)20(31)15-33-23-24-25-26-29(23)21-17(3)27(4)30(22(21)32)19-13-9-6-10-14-19/h5-14,16H,15H2,1-4H3. The van der Waals surface area contributed by atoms with Gasteiger partial charge in [-0.15, -0.1) is 5.10 Å². The number of carbonyl (C=O) groups is 1. The van der Waals surface area contributed by atoms with Crippen LogP contribution in [-0.2, 0) is 11.8 Å². The first-order chi connectivity index (χ1) is 15.9. The molecule has 9 nitrogen and oxygen atoms in total. The van der Waals surface area contributed by atoms with Gasteiger partial charge in [-0.1, -0.05) is 48.2 Å². The SMILES string of the molecule is Cc1c(-n2nnnc2SCC(=O)N(c2ccccc2)C(C)C)c(=O)n(-c2ccccc2)n1C. The molecule has 2 heterocycles. The molecule has 4 aromatic rings. The van der Waals surface area contributed by atoms with Crippen LogP contribution in [0.15, 0.2) is 70.6 Å². The van der Waals surface area contributed by atoms with Crippen LogP contribution < -0.4 is 10.5 Å². The number of benzene rings is 2. The van der Waals surface area contributed by atoms with E-state index in [2.05, 4.69) is 15.5 Å². The Morgan fingerprint density at radius 3 is 2.33 bits per heavy atom. The molecule has 33 heavy (non-hydrogen) atoms. The van der Waals surface area contributed by atoms with E-state index in [9.17, 15) is 9.59 Å². The average Bonchev–Trinajstić information content (AvgIpc) is 3.35. The molecule has 2 aromatic heterocycles. The third-order valence-corrected chi connectivity index (χ3v) is 6.22. The summed E-state index contributed by atoms with van der Waals surface area (Å²) in [4.78, 5) is 28.1. The molecule has 0 bridgehead atoms. The molecule has 0 N–H and O–H groups in total. The lowest BCUT2D eigenvalue weighted by Crippen LogP contribution is -2.38. The third-order valence-electron chi connectivity index (χ3n) is 5.32. The molecule has 1 amide bonds. The van der Waals surface area contributed by atoms with Gasteiger partial charge in [0.05, 0.1) is 17.1 Å². The van der Waals surface area contributed by atoms with Crippen molar-refractivity contribution in [3.05, 3.63) is 76.7 Å². The Morgan fingerprint density at radius 1 is 1.06 bits per heavy atom. The monoisotopic (exact) mass is 463 g/mol. The van der Waals surface area contributed by atoms with Crippen molar-refractivity contribution in [1.29, 1.82) is 0 Å². The van der Waals surface area contributed by atoms with Crippen LogP contribution in [0, 0.1) is 6.92 Å². The van der Waals surface area contributed by atoms with Crippen molar-refractivity contribution in [3.8, 4) is 11.4 Å². The first kappa shape index (κ1) is 22.5. The van der Waals surface area contributed by atoms with Gasteiger partial charge in [-0.3, -0.25) is 14.3 Å². The Bertz CT molecular complexity index is 1310. The summed E-state index contributed by atoms with van der Waals surface area (Å²) >= 11 is 1.20. The molecule has 0 radical (unpaired) electrons. The average molecular weight is 464 g/mol. The first-order valence-electron chi connectivity index (χ1n) is 10.5. The van der Waals surface area contributed by atoms with Crippen LogP contribution >= 0.6 is 11.8 Å². The summed E-state index contributed by atoms with van der Waals surface area (Å²) in [5.74, 6) is 0.0638. The summed E-state index contributed by atoms with van der Waals surface area (Å²) in [7, 11) is 1.81. The van der Waals surface area contributed by atoms with Gasteiger partial charge < -0.3 is 4.90 Å². The zero-order valence-corrected chi connectivity index (χ0v) is 19.7. The molecule has 0 atom stereocenters. The van der Waals surface area contributed by atoms with Crippen molar-refractivity contribution in [3.63, 3.8) is 0 Å². The minimum absolute atomic E-state index is 0.00839. The van der Waals surface area contributed by atoms with Gasteiger partial charge in [-0.05, 0) is 55.5 Å². The van der Waals surface area contributed by atoms with Crippen LogP contribution in [0.1, 0.15) is 19.5 Å². The van der Waals surface area contributed by atoms with E-state index in [4.69, 9.17) is 0 Å². The summed E-state index contributed by atoms with van der Waals surface area (Å²) in [5.41, 5.74) is 2.40. The summed E-state index contributed by atoms with van der Waals surface area (Å²) < 4.78 is 4.75. The van der Waals surface area contributed by atoms with Crippen molar-refractivity contribution in [2.45, 2.75) is 32.0 Å². The number of tetrazole rings is 1. The van der Waals surface area contributed by atoms with Crippen LogP contribution in [0.2, 0.25) is 0 Å². The van der Waals surface area contributed by atoms with Gasteiger partial charge in [0.25, 0.3) is 5.56 Å². The number of aromatic nitrogens is 6. The lowest BCUT2D eigenvalue weighted by Gasteiger charge is -2.26. The van der Waals surface area contributed by atoms with Gasteiger partial charge in [0.15, 0.2) is 5.69 Å². The van der Waals surface area contributed by atoms with Crippen LogP contribution in [0.25, 0.3) is 11.4 Å². The second-order valence-electron chi connectivity index (χ2n) is 7.77. The largest absolute Gasteiger partial charge is 0.309 e. The predicted octanol–water partition coefficient (Wildman–Crippen LogP) is 2.99. The van der Waals surface area contributed by atoms with Crippen molar-refractivity contribution >= 4 is 23.4 Å². The van der Waals surface area contributed by atoms with E-state index in [-0.39, 0.29) is 23.3 Å². The fraction of sp³-hybridized carbons (Fsp3) is 0.261. The van der Waals surface area contributed by atoms with E-state index >= 15 is 0 Å². The second kappa shape index (κ2) is 9.45. The Hall–Kier alpha value is -3.66. The van der Waals surface area contributed by atoms with Gasteiger partial charge in [0.1, 0.15) is 0 Å². The maximum Gasteiger partial charge on any atom is 0.297 e. The number of rotatable bonds is 7. The lowest BCUT2D eigenvalue weighted by molar-refractivity contribution is -0.116. The third kappa shape index (κ3) is 4.34. The number of amides is 1. The molecule has 0 fully saturated rings. The number of thioether (sulfide) groups is 1. The summed E-state index contributed by atoms with van der Waals surface area (Å²) in [6, 6.07) is 18.9. The minimum atomic E-state index is -0.241. The Labute approximate surface area is 195 Å². The van der Waals surface area contributed by atoms with Crippen molar-refractivity contribution in [2.75, 3.05) is 10.7 Å². The molecule has 0 spiro atoms. The normalized spacial score (nSPS) is 11.2. The molecular formula is C23H25N7O2S. The highest BCUT2D eigenvalue weighted by Crippen LogP contribution is 2.23. The number of carbonyl (C=O) groups excluding carboxylic acids is 1. The zero-order valence-electron chi connectivity index (χ0n) is 18.9. The zero-order chi connectivity index (χ0) is 23.5. The molecule has 4 rings (SSSR count). The maximum atomic E-state index is 13.3. The van der Waals surface area contributed by atoms with Gasteiger partial charge in [0, 0.05) is 18.8 Å². The van der Waals surface area contributed by atoms with Gasteiger partial charge in [-0.25, -0.2) is 4.68 Å². The number of anilines is 1. The van der Waals surface area contributed by atoms with E-state index in [1.165, 1.54) is 16.4 Å². The molecule has 0 aliphatic carbocycles. The highest BCUT2D eigenvalue weighted by molar-refractivity contribution is 7.99. The molecule has 2 aromatic carbocycles. The van der Waals surface area contributed by atoms with E-state index in [0.29, 0.717) is 16.5 Å². The summed E-state index contributed by atoms with van der Waals surface area (Å²) in [6.07, 6.45) is 0. The summed E-state index contributed by atoms with van der Waals surface area (Å²) in [5, 5.41) is 12.3. The molecule has 10 heteroatoms. The predicted molar refractivity (Wildman–Crippen MR) is 128 cm³/mol. The molecular weight excluding hydrogens is 438 g/mol. The van der Waals surface area contributed by atoms with Crippen molar-refractivity contribution in [2.24, 2.45) is 7.05 Å². The van der Waals surface area contributed by atoms with E-state index in [0.717, 1.165) is 11.4 Å². The van der Waals surface area contributed by atoms with E-state index in [1.54, 1.807) is 14.3 Å². The van der Waals surface area contributed by atoms with Crippen LogP contribution in [0.5, 0.6) is 0 Å². The number of para-hydroxylation sites is 2. The Kier molecular flexibility index (Phi) is 6.45. The highest BCUT2D eigenvalue weighted by atomic mass is 32.2. The Balaban J connectivity index is 1.62. The van der Waals surface area contributed by atoms with E-state index in [1.807, 2.05) is 88.5 Å². The van der Waals surface area contributed by atoms with Crippen LogP contribution in [0.3, 0.4) is 0 Å². The molecule has 0 aliphatic heterocycles. The summed E-state index contributed by atoms with van der Waals surface area (Å²) in [6.45, 7) is 5.78. The van der Waals surface area contributed by atoms with Crippen molar-refractivity contribution < 1.29 is 4.79 Å². The highest BCUT2D eigenvalue weighted by Gasteiger charge is 2.24. The minimum Gasteiger partial charge on any atom is -0.309 e. The maximum absolute atomic E-state index is 13.3. The number of hydrogen-bond donors (Lipinski definition) is 0. The van der Waals surface area contributed by atoms with Gasteiger partial charge in [-0.2, -0.15) is 4.68 Å².